The van der Waals surface area contributed by atoms with E-state index in [0.29, 0.717) is 11.2 Å². The van der Waals surface area contributed by atoms with Crippen LogP contribution in [0.25, 0.3) is 16.9 Å². The minimum atomic E-state index is -0.373. The van der Waals surface area contributed by atoms with Crippen molar-refractivity contribution in [2.45, 2.75) is 0 Å². The molecule has 134 valence electrons. The zero-order valence-corrected chi connectivity index (χ0v) is 15.8. The summed E-state index contributed by atoms with van der Waals surface area (Å²) in [7, 11) is 1.36. The molecular weight excluding hydrogens is 410 g/mol. The van der Waals surface area contributed by atoms with Gasteiger partial charge in [-0.25, -0.2) is 9.78 Å². The average Bonchev–Trinajstić information content (AvgIpc) is 3.06. The van der Waals surface area contributed by atoms with Crippen LogP contribution in [0.5, 0.6) is 0 Å². The third-order valence-corrected chi connectivity index (χ3v) is 4.71. The molecule has 0 saturated heterocycles. The largest absolute Gasteiger partial charge is 0.465 e. The topological polar surface area (TPSA) is 81.4 Å². The fraction of sp³-hybridized carbons (Fsp3) is 0.0526. The van der Waals surface area contributed by atoms with E-state index in [4.69, 9.17) is 9.72 Å². The fourth-order valence-corrected chi connectivity index (χ4v) is 3.12. The molecule has 0 unspecified atom stereocenters. The van der Waals surface area contributed by atoms with Crippen LogP contribution in [0.2, 0.25) is 0 Å². The van der Waals surface area contributed by atoms with E-state index >= 15 is 0 Å². The van der Waals surface area contributed by atoms with Crippen LogP contribution in [0.4, 0.5) is 11.5 Å². The lowest BCUT2D eigenvalue weighted by Crippen LogP contribution is -2.02. The second kappa shape index (κ2) is 7.16. The molecule has 3 aromatic heterocycles. The Labute approximate surface area is 163 Å². The summed E-state index contributed by atoms with van der Waals surface area (Å²) in [6.45, 7) is 0. The molecule has 1 N–H and O–H groups in total. The minimum absolute atomic E-state index is 0.373. The number of carbonyl (C=O) groups excluding carboxylic acids is 1. The summed E-state index contributed by atoms with van der Waals surface area (Å²) in [5.41, 5.74) is 3.59. The van der Waals surface area contributed by atoms with E-state index in [0.717, 1.165) is 27.2 Å². The molecule has 4 rings (SSSR count). The van der Waals surface area contributed by atoms with Gasteiger partial charge in [0.25, 0.3) is 0 Å². The normalized spacial score (nSPS) is 10.7. The highest BCUT2D eigenvalue weighted by atomic mass is 79.9. The number of fused-ring (bicyclic) bond motifs is 1. The van der Waals surface area contributed by atoms with Crippen LogP contribution in [-0.4, -0.2) is 32.4 Å². The van der Waals surface area contributed by atoms with Crippen molar-refractivity contribution in [1.82, 2.24) is 19.4 Å². The molecule has 4 aromatic rings. The third kappa shape index (κ3) is 3.26. The van der Waals surface area contributed by atoms with Crippen LogP contribution in [0.3, 0.4) is 0 Å². The maximum Gasteiger partial charge on any atom is 0.337 e. The molecule has 7 nitrogen and oxygen atoms in total. The summed E-state index contributed by atoms with van der Waals surface area (Å²) in [6.07, 6.45) is 8.69. The lowest BCUT2D eigenvalue weighted by atomic mass is 10.2. The number of aromatic nitrogens is 4. The van der Waals surface area contributed by atoms with E-state index in [-0.39, 0.29) is 5.97 Å². The number of esters is 1. The second-order valence-corrected chi connectivity index (χ2v) is 6.52. The van der Waals surface area contributed by atoms with E-state index in [1.54, 1.807) is 36.9 Å². The highest BCUT2D eigenvalue weighted by Gasteiger charge is 2.17. The molecule has 0 aliphatic rings. The van der Waals surface area contributed by atoms with Gasteiger partial charge in [0.2, 0.25) is 0 Å². The van der Waals surface area contributed by atoms with E-state index in [2.05, 4.69) is 31.2 Å². The lowest BCUT2D eigenvalue weighted by Gasteiger charge is -2.10. The Balaban J connectivity index is 1.80. The van der Waals surface area contributed by atoms with Gasteiger partial charge in [-0.15, -0.1) is 0 Å². The summed E-state index contributed by atoms with van der Waals surface area (Å²) >= 11 is 3.56. The minimum Gasteiger partial charge on any atom is -0.465 e. The van der Waals surface area contributed by atoms with Gasteiger partial charge in [0.05, 0.1) is 18.9 Å². The first kappa shape index (κ1) is 17.2. The SMILES string of the molecule is COC(=O)c1ccc(Nc2c(-c3cnccc3Br)nc3cnccn23)cc1. The lowest BCUT2D eigenvalue weighted by molar-refractivity contribution is 0.0601. The smallest absolute Gasteiger partial charge is 0.337 e. The van der Waals surface area contributed by atoms with Gasteiger partial charge in [0, 0.05) is 40.5 Å². The number of benzene rings is 1. The molecule has 0 aliphatic heterocycles. The van der Waals surface area contributed by atoms with Gasteiger partial charge >= 0.3 is 5.97 Å². The van der Waals surface area contributed by atoms with Crippen molar-refractivity contribution in [3.63, 3.8) is 0 Å². The van der Waals surface area contributed by atoms with Crippen LogP contribution in [0, 0.1) is 0 Å². The summed E-state index contributed by atoms with van der Waals surface area (Å²) in [5.74, 6) is 0.398. The molecule has 27 heavy (non-hydrogen) atoms. The quantitative estimate of drug-likeness (QED) is 0.498. The molecule has 0 atom stereocenters. The number of halogens is 1. The van der Waals surface area contributed by atoms with E-state index < -0.39 is 0 Å². The van der Waals surface area contributed by atoms with Gasteiger partial charge in [0.1, 0.15) is 11.5 Å². The third-order valence-electron chi connectivity index (χ3n) is 4.02. The molecule has 0 fully saturated rings. The number of methoxy groups -OCH3 is 1. The Hall–Kier alpha value is -3.26. The number of nitrogens with zero attached hydrogens (tertiary/aromatic N) is 4. The van der Waals surface area contributed by atoms with E-state index in [1.807, 2.05) is 28.8 Å². The number of rotatable bonds is 4. The average molecular weight is 424 g/mol. The number of nitrogens with one attached hydrogen (secondary N) is 1. The van der Waals surface area contributed by atoms with E-state index in [1.165, 1.54) is 7.11 Å². The van der Waals surface area contributed by atoms with Crippen molar-refractivity contribution in [2.75, 3.05) is 12.4 Å². The Morgan fingerprint density at radius 3 is 2.63 bits per heavy atom. The van der Waals surface area contributed by atoms with Crippen molar-refractivity contribution < 1.29 is 9.53 Å². The van der Waals surface area contributed by atoms with Crippen LogP contribution < -0.4 is 5.32 Å². The molecule has 1 aromatic carbocycles. The molecular formula is C19H14BrN5O2. The first-order valence-corrected chi connectivity index (χ1v) is 8.84. The van der Waals surface area contributed by atoms with Gasteiger partial charge < -0.3 is 10.1 Å². The van der Waals surface area contributed by atoms with Crippen molar-refractivity contribution >= 4 is 39.1 Å². The summed E-state index contributed by atoms with van der Waals surface area (Å²) in [6, 6.07) is 8.91. The van der Waals surface area contributed by atoms with E-state index in [9.17, 15) is 4.79 Å². The molecule has 0 saturated carbocycles. The fourth-order valence-electron chi connectivity index (χ4n) is 2.71. The predicted molar refractivity (Wildman–Crippen MR) is 105 cm³/mol. The number of imidazole rings is 1. The molecule has 3 heterocycles. The first-order valence-electron chi connectivity index (χ1n) is 8.04. The summed E-state index contributed by atoms with van der Waals surface area (Å²) < 4.78 is 7.54. The zero-order chi connectivity index (χ0) is 18.8. The van der Waals surface area contributed by atoms with Crippen molar-refractivity contribution in [3.05, 3.63) is 71.4 Å². The van der Waals surface area contributed by atoms with Gasteiger partial charge in [-0.3, -0.25) is 14.4 Å². The van der Waals surface area contributed by atoms with Crippen molar-refractivity contribution in [2.24, 2.45) is 0 Å². The number of hydrogen-bond acceptors (Lipinski definition) is 6. The van der Waals surface area contributed by atoms with Crippen LogP contribution >= 0.6 is 15.9 Å². The van der Waals surface area contributed by atoms with Gasteiger partial charge in [-0.2, -0.15) is 0 Å². The molecule has 0 aliphatic carbocycles. The van der Waals surface area contributed by atoms with Crippen LogP contribution in [0.1, 0.15) is 10.4 Å². The Bertz CT molecular complexity index is 1120. The molecule has 8 heteroatoms. The van der Waals surface area contributed by atoms with Gasteiger partial charge in [0.15, 0.2) is 5.65 Å². The predicted octanol–water partition coefficient (Wildman–Crippen LogP) is 4.08. The highest BCUT2D eigenvalue weighted by Crippen LogP contribution is 2.34. The van der Waals surface area contributed by atoms with Gasteiger partial charge in [-0.05, 0) is 46.3 Å². The number of carbonyl (C=O) groups is 1. The van der Waals surface area contributed by atoms with Crippen molar-refractivity contribution in [1.29, 1.82) is 0 Å². The molecule has 0 bridgehead atoms. The molecule has 0 radical (unpaired) electrons. The maximum absolute atomic E-state index is 11.6. The second-order valence-electron chi connectivity index (χ2n) is 5.66. The van der Waals surface area contributed by atoms with Crippen molar-refractivity contribution in [3.8, 4) is 11.3 Å². The summed E-state index contributed by atoms with van der Waals surface area (Å²) in [5, 5.41) is 3.38. The van der Waals surface area contributed by atoms with Crippen LogP contribution in [0.15, 0.2) is 65.8 Å². The molecule has 0 spiro atoms. The number of pyridine rings is 1. The monoisotopic (exact) mass is 423 g/mol. The Kier molecular flexibility index (Phi) is 4.55. The molecule has 0 amide bonds. The Morgan fingerprint density at radius 1 is 1.11 bits per heavy atom. The number of anilines is 2. The number of hydrogen-bond donors (Lipinski definition) is 1. The zero-order valence-electron chi connectivity index (χ0n) is 14.3. The van der Waals surface area contributed by atoms with Gasteiger partial charge in [-0.1, -0.05) is 0 Å². The first-order chi connectivity index (χ1) is 13.2. The Morgan fingerprint density at radius 2 is 1.89 bits per heavy atom. The summed E-state index contributed by atoms with van der Waals surface area (Å²) in [4.78, 5) is 24.7. The standard InChI is InChI=1S/C19H14BrN5O2/c1-27-19(26)12-2-4-13(5-3-12)23-18-17(14-10-21-7-6-15(14)20)24-16-11-22-8-9-25(16)18/h2-11,23H,1H3. The maximum atomic E-state index is 11.6. The van der Waals surface area contributed by atoms with Crippen LogP contribution in [-0.2, 0) is 4.74 Å². The number of ether oxygens (including phenoxy) is 1. The highest BCUT2D eigenvalue weighted by molar-refractivity contribution is 9.10.